The number of nitrogens with one attached hydrogen (secondary N) is 1. The molecule has 0 aliphatic carbocycles. The Morgan fingerprint density at radius 1 is 1.60 bits per heavy atom. The third-order valence-corrected chi connectivity index (χ3v) is 2.06. The molecular formula is C8H17FNO4P. The van der Waals surface area contributed by atoms with Crippen LogP contribution < -0.4 is 5.32 Å². The Morgan fingerprint density at radius 2 is 2.13 bits per heavy atom. The highest BCUT2D eigenvalue weighted by atomic mass is 31.1. The number of alkyl halides is 1. The molecule has 0 aliphatic heterocycles. The smallest absolute Gasteiger partial charge is 0.407 e. The third-order valence-electron chi connectivity index (χ3n) is 1.26. The van der Waals surface area contributed by atoms with E-state index in [1.165, 1.54) is 0 Å². The molecule has 0 bridgehead atoms. The molecule has 5 nitrogen and oxygen atoms in total. The lowest BCUT2D eigenvalue weighted by molar-refractivity contribution is 0.0515. The van der Waals surface area contributed by atoms with Crippen molar-refractivity contribution in [1.82, 2.24) is 5.32 Å². The van der Waals surface area contributed by atoms with Gasteiger partial charge in [-0.2, -0.15) is 0 Å². The number of hydrogen-bond donors (Lipinski definition) is 2. The zero-order valence-electron chi connectivity index (χ0n) is 9.04. The normalized spacial score (nSPS) is 15.5. The maximum atomic E-state index is 12.8. The van der Waals surface area contributed by atoms with E-state index in [0.717, 1.165) is 0 Å². The van der Waals surface area contributed by atoms with Crippen LogP contribution in [0.2, 0.25) is 0 Å². The lowest BCUT2D eigenvalue weighted by Crippen LogP contribution is -2.36. The Balaban J connectivity index is 3.76. The van der Waals surface area contributed by atoms with Gasteiger partial charge in [-0.05, 0) is 20.8 Å². The molecule has 15 heavy (non-hydrogen) atoms. The van der Waals surface area contributed by atoms with E-state index < -0.39 is 32.1 Å². The van der Waals surface area contributed by atoms with Gasteiger partial charge in [-0.25, -0.2) is 9.18 Å². The first-order valence-corrected chi connectivity index (χ1v) is 6.09. The first kappa shape index (κ1) is 14.4. The van der Waals surface area contributed by atoms with Gasteiger partial charge >= 0.3 is 6.09 Å². The van der Waals surface area contributed by atoms with E-state index >= 15 is 0 Å². The Labute approximate surface area is 88.9 Å². The molecule has 0 aromatic rings. The van der Waals surface area contributed by atoms with Gasteiger partial charge in [-0.3, -0.25) is 4.57 Å². The fourth-order valence-corrected chi connectivity index (χ4v) is 1.29. The quantitative estimate of drug-likeness (QED) is 0.728. The number of alkyl carbamates (subject to hydrolysis) is 1. The molecule has 90 valence electrons. The van der Waals surface area contributed by atoms with Crippen LogP contribution in [0.3, 0.4) is 0 Å². The van der Waals surface area contributed by atoms with Crippen molar-refractivity contribution in [1.29, 1.82) is 0 Å². The summed E-state index contributed by atoms with van der Waals surface area (Å²) in [5.41, 5.74) is -0.639. The zero-order valence-corrected chi connectivity index (χ0v) is 10.0. The summed E-state index contributed by atoms with van der Waals surface area (Å²) in [4.78, 5) is 19.5. The number of amides is 1. The van der Waals surface area contributed by atoms with Gasteiger partial charge in [0.25, 0.3) is 0 Å². The number of carbonyl (C=O) groups is 1. The van der Waals surface area contributed by atoms with E-state index in [0.29, 0.717) is 0 Å². The average molecular weight is 241 g/mol. The van der Waals surface area contributed by atoms with Crippen LogP contribution in [-0.2, 0) is 9.30 Å². The summed E-state index contributed by atoms with van der Waals surface area (Å²) in [6.07, 6.45) is -2.70. The van der Waals surface area contributed by atoms with E-state index in [9.17, 15) is 13.8 Å². The fraction of sp³-hybridized carbons (Fsp3) is 0.875. The third kappa shape index (κ3) is 9.69. The molecule has 2 N–H and O–H groups in total. The largest absolute Gasteiger partial charge is 0.444 e. The zero-order chi connectivity index (χ0) is 12.1. The van der Waals surface area contributed by atoms with E-state index in [-0.39, 0.29) is 6.54 Å². The maximum absolute atomic E-state index is 12.8. The van der Waals surface area contributed by atoms with Crippen molar-refractivity contribution in [3.8, 4) is 0 Å². The predicted octanol–water partition coefficient (Wildman–Crippen LogP) is 1.32. The van der Waals surface area contributed by atoms with Crippen molar-refractivity contribution >= 4 is 14.1 Å². The van der Waals surface area contributed by atoms with Gasteiger partial charge in [0.05, 0.1) is 12.7 Å². The van der Waals surface area contributed by atoms with Crippen LogP contribution in [-0.4, -0.2) is 35.5 Å². The summed E-state index contributed by atoms with van der Waals surface area (Å²) in [5, 5.41) is 2.17. The van der Waals surface area contributed by atoms with Gasteiger partial charge in [0.1, 0.15) is 11.8 Å². The lowest BCUT2D eigenvalue weighted by Gasteiger charge is -2.20. The molecule has 1 amide bonds. The molecule has 1 unspecified atom stereocenters. The average Bonchev–Trinajstić information content (AvgIpc) is 1.96. The predicted molar refractivity (Wildman–Crippen MR) is 55.2 cm³/mol. The first-order valence-electron chi connectivity index (χ1n) is 4.53. The van der Waals surface area contributed by atoms with Gasteiger partial charge in [0, 0.05) is 0 Å². The number of halogens is 1. The minimum atomic E-state index is -2.83. The van der Waals surface area contributed by atoms with Crippen molar-refractivity contribution in [2.75, 3.05) is 12.7 Å². The minimum absolute atomic E-state index is 0.314. The molecule has 0 aromatic carbocycles. The van der Waals surface area contributed by atoms with Crippen molar-refractivity contribution < 1.29 is 23.4 Å². The number of ether oxygens (including phenoxy) is 1. The summed E-state index contributed by atoms with van der Waals surface area (Å²) in [5.74, 6) is 0. The highest BCUT2D eigenvalue weighted by Crippen LogP contribution is 2.15. The maximum Gasteiger partial charge on any atom is 0.407 e. The molecule has 0 heterocycles. The molecule has 7 heteroatoms. The Bertz CT molecular complexity index is 241. The summed E-state index contributed by atoms with van der Waals surface area (Å²) in [6.45, 7) is 4.75. The van der Waals surface area contributed by atoms with Crippen LogP contribution in [0.5, 0.6) is 0 Å². The van der Waals surface area contributed by atoms with Crippen LogP contribution in [0.4, 0.5) is 9.18 Å². The Morgan fingerprint density at radius 3 is 2.53 bits per heavy atom. The van der Waals surface area contributed by atoms with Gasteiger partial charge in [0.2, 0.25) is 0 Å². The molecule has 0 aliphatic rings. The number of rotatable bonds is 4. The highest BCUT2D eigenvalue weighted by Gasteiger charge is 2.17. The Hall–Kier alpha value is -0.610. The highest BCUT2D eigenvalue weighted by molar-refractivity contribution is 7.38. The van der Waals surface area contributed by atoms with Crippen molar-refractivity contribution in [2.24, 2.45) is 0 Å². The Kier molecular flexibility index (Phi) is 5.83. The van der Waals surface area contributed by atoms with Crippen molar-refractivity contribution in [3.05, 3.63) is 0 Å². The lowest BCUT2D eigenvalue weighted by atomic mass is 10.2. The van der Waals surface area contributed by atoms with E-state index in [1.54, 1.807) is 20.8 Å². The molecule has 0 fully saturated rings. The van der Waals surface area contributed by atoms with Crippen LogP contribution in [0.15, 0.2) is 0 Å². The van der Waals surface area contributed by atoms with Crippen molar-refractivity contribution in [2.45, 2.75) is 32.5 Å². The fourth-order valence-electron chi connectivity index (χ4n) is 0.770. The molecule has 0 spiro atoms. The number of hydrogen-bond acceptors (Lipinski definition) is 3. The second-order valence-electron chi connectivity index (χ2n) is 4.08. The van der Waals surface area contributed by atoms with E-state index in [2.05, 4.69) is 5.32 Å². The van der Waals surface area contributed by atoms with E-state index in [4.69, 9.17) is 9.63 Å². The second kappa shape index (κ2) is 6.08. The SMILES string of the molecule is CC(C)(C)OC(=O)NC[C@@H](F)C[PH](=O)O. The minimum Gasteiger partial charge on any atom is -0.444 e. The van der Waals surface area contributed by atoms with Crippen LogP contribution >= 0.6 is 8.03 Å². The van der Waals surface area contributed by atoms with Crippen LogP contribution in [0.25, 0.3) is 0 Å². The summed E-state index contributed by atoms with van der Waals surface area (Å²) >= 11 is 0. The van der Waals surface area contributed by atoms with Gasteiger partial charge in [0.15, 0.2) is 8.03 Å². The topological polar surface area (TPSA) is 75.6 Å². The first-order chi connectivity index (χ1) is 6.70. The molecule has 2 atom stereocenters. The van der Waals surface area contributed by atoms with Crippen LogP contribution in [0.1, 0.15) is 20.8 Å². The van der Waals surface area contributed by atoms with Crippen molar-refractivity contribution in [3.63, 3.8) is 0 Å². The van der Waals surface area contributed by atoms with Gasteiger partial charge in [-0.15, -0.1) is 0 Å². The second-order valence-corrected chi connectivity index (χ2v) is 5.27. The monoisotopic (exact) mass is 241 g/mol. The molecule has 0 rings (SSSR count). The molecule has 0 saturated heterocycles. The summed E-state index contributed by atoms with van der Waals surface area (Å²) in [7, 11) is -2.83. The molecule has 0 radical (unpaired) electrons. The van der Waals surface area contributed by atoms with Crippen LogP contribution in [0, 0.1) is 0 Å². The van der Waals surface area contributed by atoms with Gasteiger partial charge < -0.3 is 14.9 Å². The standard InChI is InChI=1S/C8H17FNO4P/c1-8(2,3)14-7(11)10-4-6(9)5-15(12)13/h6,15H,4-5H2,1-3H3,(H,10,11)(H,12,13)/t6-/m1/s1. The van der Waals surface area contributed by atoms with E-state index in [1.807, 2.05) is 0 Å². The molecular weight excluding hydrogens is 224 g/mol. The summed E-state index contributed by atoms with van der Waals surface area (Å²) in [6, 6.07) is 0. The van der Waals surface area contributed by atoms with Gasteiger partial charge in [-0.1, -0.05) is 0 Å². The molecule has 0 saturated carbocycles. The molecule has 0 aromatic heterocycles. The number of carbonyl (C=O) groups excluding carboxylic acids is 1. The summed E-state index contributed by atoms with van der Waals surface area (Å²) < 4.78 is 28.0.